The Kier molecular flexibility index (Phi) is 14.2. The summed E-state index contributed by atoms with van der Waals surface area (Å²) in [7, 11) is -11.2. The van der Waals surface area contributed by atoms with Gasteiger partial charge in [-0.15, -0.1) is 0 Å². The van der Waals surface area contributed by atoms with Crippen LogP contribution >= 0.6 is 15.6 Å². The highest BCUT2D eigenvalue weighted by atomic mass is 31.3. The number of nitrogens with one attached hydrogen (secondary N) is 1. The Hall–Kier alpha value is -5.60. The molecule has 8 rings (SSSR count). The summed E-state index contributed by atoms with van der Waals surface area (Å²) in [5.74, 6) is -0.920. The first kappa shape index (κ1) is 49.8. The molecule has 12 N–H and O–H groups in total. The molecule has 69 heavy (non-hydrogen) atoms. The van der Waals surface area contributed by atoms with Crippen LogP contribution in [-0.4, -0.2) is 135 Å². The van der Waals surface area contributed by atoms with Crippen molar-refractivity contribution in [1.82, 2.24) is 24.8 Å². The Morgan fingerprint density at radius 1 is 0.884 bits per heavy atom. The first-order chi connectivity index (χ1) is 32.7. The van der Waals surface area contributed by atoms with Crippen LogP contribution in [0.4, 0.5) is 22.0 Å². The molecule has 0 radical (unpaired) electrons. The number of phosphoric ester groups is 2. The predicted molar refractivity (Wildman–Crippen MR) is 244 cm³/mol. The fraction of sp³-hybridized carbons (Fsp3) is 0.381. The number of β-amino-alcohol motifs (C(OH)–C–C–N with tert-alkyl or cyclic N) is 1. The second-order valence-corrected chi connectivity index (χ2v) is 19.8. The minimum atomic E-state index is -5.62. The zero-order valence-corrected chi connectivity index (χ0v) is 38.6. The molecule has 11 atom stereocenters. The first-order valence-electron chi connectivity index (χ1n) is 21.3. The van der Waals surface area contributed by atoms with Crippen LogP contribution in [0.5, 0.6) is 0 Å². The fourth-order valence-corrected chi connectivity index (χ4v) is 10.5. The molecule has 5 aromatic rings. The molecule has 11 unspecified atom stereocenters. The third-order valence-corrected chi connectivity index (χ3v) is 14.7. The van der Waals surface area contributed by atoms with Crippen molar-refractivity contribution >= 4 is 61.8 Å². The summed E-state index contributed by atoms with van der Waals surface area (Å²) in [5.41, 5.74) is 16.1. The number of hydrogen-bond acceptors (Lipinski definition) is 20. The van der Waals surface area contributed by atoms with E-state index in [4.69, 9.17) is 25.3 Å². The molecule has 25 nitrogen and oxygen atoms in total. The number of anilines is 3. The van der Waals surface area contributed by atoms with Crippen LogP contribution in [0, 0.1) is 13.8 Å². The lowest BCUT2D eigenvalue weighted by Gasteiger charge is -2.53. The number of aliphatic hydroxyl groups is 5. The zero-order chi connectivity index (χ0) is 49.6. The highest BCUT2D eigenvalue weighted by Gasteiger charge is 2.52. The Morgan fingerprint density at radius 3 is 2.23 bits per heavy atom. The fourth-order valence-electron chi connectivity index (χ4n) is 8.45. The van der Waals surface area contributed by atoms with Crippen molar-refractivity contribution in [1.29, 1.82) is 0 Å². The van der Waals surface area contributed by atoms with E-state index in [9.17, 15) is 54.0 Å². The minimum Gasteiger partial charge on any atom is -0.388 e. The highest BCUT2D eigenvalue weighted by molar-refractivity contribution is 7.61. The number of hydrogen-bond donors (Lipinski definition) is 10. The van der Waals surface area contributed by atoms with Crippen molar-refractivity contribution in [2.45, 2.75) is 81.2 Å². The highest BCUT2D eigenvalue weighted by Crippen LogP contribution is 2.60. The minimum absolute atomic E-state index is 0.0248. The van der Waals surface area contributed by atoms with E-state index in [0.717, 1.165) is 23.0 Å². The molecule has 5 heterocycles. The number of imide groups is 1. The van der Waals surface area contributed by atoms with Gasteiger partial charge in [0, 0.05) is 0 Å². The lowest BCUT2D eigenvalue weighted by molar-refractivity contribution is -0.120. The Bertz CT molecular complexity index is 2850. The zero-order valence-electron chi connectivity index (χ0n) is 36.8. The molecule has 3 aliphatic heterocycles. The molecule has 1 fully saturated rings. The number of nitrogens with zero attached hydrogens (tertiary/aromatic N) is 7. The van der Waals surface area contributed by atoms with Crippen LogP contribution in [0.25, 0.3) is 11.2 Å². The third kappa shape index (κ3) is 10.2. The van der Waals surface area contributed by atoms with Crippen LogP contribution in [-0.2, 0) is 44.1 Å². The van der Waals surface area contributed by atoms with Gasteiger partial charge >= 0.3 is 21.7 Å². The molecule has 27 heteroatoms. The van der Waals surface area contributed by atoms with E-state index in [1.807, 2.05) is 62.4 Å². The van der Waals surface area contributed by atoms with Gasteiger partial charge in [-0.3, -0.25) is 23.7 Å². The van der Waals surface area contributed by atoms with E-state index in [2.05, 4.69) is 29.6 Å². The number of aliphatic hydroxyl groups excluding tert-OH is 5. The number of aryl methyl sites for hydroxylation is 3. The summed E-state index contributed by atoms with van der Waals surface area (Å²) in [5, 5.41) is 57.1. The van der Waals surface area contributed by atoms with Crippen LogP contribution in [0.2, 0.25) is 0 Å². The number of urea groups is 1. The van der Waals surface area contributed by atoms with Crippen molar-refractivity contribution in [2.24, 2.45) is 10.7 Å². The monoisotopic (exact) mass is 996 g/mol. The Labute approximate surface area is 392 Å². The quantitative estimate of drug-likeness (QED) is 0.0542. The number of nitrogens with two attached hydrogens (primary N) is 2. The van der Waals surface area contributed by atoms with Crippen LogP contribution in [0.1, 0.15) is 34.9 Å². The predicted octanol–water partition coefficient (Wildman–Crippen LogP) is 0.766. The molecule has 0 saturated carbocycles. The second kappa shape index (κ2) is 19.7. The molecule has 3 amide bonds. The SMILES string of the molecule is Cc1cc2c(cc1C)N(C(N)(CCc1ccccc1)c1ccccc1)C1C(=O)NC(=O)N=C1N2CC(O)C(O)C(O)COP(=O)(O)OP(=O)(O)OCC1OC(n2cnc3c(N)ncnc32)C(O)C1O. The first-order valence-corrected chi connectivity index (χ1v) is 24.3. The molecule has 0 spiro atoms. The summed E-state index contributed by atoms with van der Waals surface area (Å²) >= 11 is 0. The van der Waals surface area contributed by atoms with Crippen molar-refractivity contribution in [3.8, 4) is 0 Å². The van der Waals surface area contributed by atoms with E-state index in [1.54, 1.807) is 29.2 Å². The average molecular weight is 997 g/mol. The number of benzene rings is 3. The van der Waals surface area contributed by atoms with Gasteiger partial charge in [-0.25, -0.2) is 28.9 Å². The van der Waals surface area contributed by atoms with Gasteiger partial charge in [-0.1, -0.05) is 60.7 Å². The summed E-state index contributed by atoms with van der Waals surface area (Å²) < 4.78 is 46.4. The molecule has 0 aliphatic carbocycles. The molecule has 368 valence electrons. The van der Waals surface area contributed by atoms with Gasteiger partial charge in [-0.05, 0) is 61.1 Å². The van der Waals surface area contributed by atoms with Gasteiger partial charge in [-0.2, -0.15) is 9.30 Å². The number of fused-ring (bicyclic) bond motifs is 3. The molecule has 2 aromatic heterocycles. The number of rotatable bonds is 18. The number of carbonyl (C=O) groups is 2. The summed E-state index contributed by atoms with van der Waals surface area (Å²) in [6, 6.07) is 19.8. The number of carbonyl (C=O) groups excluding carboxylic acids is 2. The van der Waals surface area contributed by atoms with Crippen LogP contribution < -0.4 is 26.6 Å². The maximum atomic E-state index is 14.1. The van der Waals surface area contributed by atoms with Gasteiger partial charge in [0.15, 0.2) is 23.7 Å². The molecule has 3 aliphatic rings. The molecule has 3 aromatic carbocycles. The van der Waals surface area contributed by atoms with E-state index < -0.39 is 102 Å². The molecule has 1 saturated heterocycles. The summed E-state index contributed by atoms with van der Waals surface area (Å²) in [6.07, 6.45) is -9.45. The van der Waals surface area contributed by atoms with Crippen molar-refractivity contribution in [3.63, 3.8) is 0 Å². The van der Waals surface area contributed by atoms with Crippen molar-refractivity contribution in [2.75, 3.05) is 35.3 Å². The number of ether oxygens (including phenoxy) is 1. The summed E-state index contributed by atoms with van der Waals surface area (Å²) in [4.78, 5) is 66.9. The number of aliphatic imine (C=N–C) groups is 1. The number of imidazole rings is 1. The van der Waals surface area contributed by atoms with Gasteiger partial charge in [0.05, 0.1) is 37.5 Å². The van der Waals surface area contributed by atoms with E-state index in [-0.39, 0.29) is 29.2 Å². The maximum Gasteiger partial charge on any atom is 0.481 e. The lowest BCUT2D eigenvalue weighted by atomic mass is 9.86. The molecular weight excluding hydrogens is 946 g/mol. The number of nitrogen functional groups attached to an aromatic ring is 1. The largest absolute Gasteiger partial charge is 0.481 e. The van der Waals surface area contributed by atoms with E-state index >= 15 is 0 Å². The number of amidine groups is 1. The normalized spacial score (nSPS) is 24.3. The number of aromatic nitrogens is 4. The van der Waals surface area contributed by atoms with E-state index in [0.29, 0.717) is 23.4 Å². The maximum absolute atomic E-state index is 14.1. The summed E-state index contributed by atoms with van der Waals surface area (Å²) in [6.45, 7) is 0.806. The van der Waals surface area contributed by atoms with Crippen LogP contribution in [0.15, 0.2) is 90.4 Å². The van der Waals surface area contributed by atoms with Gasteiger partial charge < -0.3 is 61.3 Å². The Balaban J connectivity index is 0.962. The second-order valence-electron chi connectivity index (χ2n) is 16.7. The Morgan fingerprint density at radius 2 is 1.54 bits per heavy atom. The third-order valence-electron chi connectivity index (χ3n) is 12.1. The smallest absolute Gasteiger partial charge is 0.388 e. The lowest BCUT2D eigenvalue weighted by Crippen LogP contribution is -2.71. The standard InChI is InChI=1S/C42H50N10O15P2/c1-22-15-26-27(16-23(22)2)52(42(44,25-11-7-4-8-12-25)14-13-24-9-5-3-6-10-24)32-38(48-41(59)49-39(32)58)50(26)17-28(53)33(55)29(54)18-64-68(60,61)67-69(62,63)65-19-30-34(56)35(57)40(66-30)51-21-47-31-36(43)45-20-46-37(31)51/h3-12,15-16,20-21,28-30,32-35,40,53-57H,13-14,17-19,44H2,1-2H3,(H,60,61)(H,62,63)(H2,43,45,46)(H,49,58,59). The molecular formula is C42H50N10O15P2. The van der Waals surface area contributed by atoms with Crippen molar-refractivity contribution in [3.05, 3.63) is 108 Å². The molecule has 0 bridgehead atoms. The van der Waals surface area contributed by atoms with Crippen LogP contribution in [0.3, 0.4) is 0 Å². The van der Waals surface area contributed by atoms with Gasteiger partial charge in [0.25, 0.3) is 5.91 Å². The van der Waals surface area contributed by atoms with Gasteiger partial charge in [0.1, 0.15) is 60.0 Å². The van der Waals surface area contributed by atoms with Crippen molar-refractivity contribution < 1.29 is 72.1 Å². The van der Waals surface area contributed by atoms with Gasteiger partial charge in [0.2, 0.25) is 0 Å². The average Bonchev–Trinajstić information content (AvgIpc) is 3.87. The topological polar surface area (TPSA) is 373 Å². The number of amides is 3. The number of phosphoric acid groups is 2. The van der Waals surface area contributed by atoms with E-state index in [1.165, 1.54) is 15.8 Å².